The minimum absolute atomic E-state index is 0.276. The molecule has 82 valence electrons. The van der Waals surface area contributed by atoms with E-state index in [1.54, 1.807) is 14.0 Å². The van der Waals surface area contributed by atoms with E-state index >= 15 is 0 Å². The van der Waals surface area contributed by atoms with Crippen LogP contribution in [0.15, 0.2) is 12.2 Å². The second-order valence-corrected chi connectivity index (χ2v) is 3.50. The second kappa shape index (κ2) is 6.56. The monoisotopic (exact) mass is 200 g/mol. The van der Waals surface area contributed by atoms with Crippen LogP contribution in [-0.4, -0.2) is 43.7 Å². The fourth-order valence-corrected chi connectivity index (χ4v) is 1.14. The predicted molar refractivity (Wildman–Crippen MR) is 56.9 cm³/mol. The van der Waals surface area contributed by atoms with Gasteiger partial charge >= 0.3 is 0 Å². The Morgan fingerprint density at radius 1 is 1.64 bits per heavy atom. The van der Waals surface area contributed by atoms with E-state index < -0.39 is 0 Å². The van der Waals surface area contributed by atoms with Crippen LogP contribution >= 0.6 is 0 Å². The van der Waals surface area contributed by atoms with Crippen molar-refractivity contribution in [3.63, 3.8) is 0 Å². The van der Waals surface area contributed by atoms with E-state index in [1.165, 1.54) is 0 Å². The molecule has 0 saturated carbocycles. The topological polar surface area (TPSA) is 55.6 Å². The summed E-state index contributed by atoms with van der Waals surface area (Å²) in [6.07, 6.45) is 0. The summed E-state index contributed by atoms with van der Waals surface area (Å²) < 4.78 is 4.96. The number of rotatable bonds is 7. The van der Waals surface area contributed by atoms with Crippen molar-refractivity contribution in [2.24, 2.45) is 5.73 Å². The molecule has 0 rings (SSSR count). The van der Waals surface area contributed by atoms with E-state index in [0.29, 0.717) is 19.7 Å². The highest BCUT2D eigenvalue weighted by Crippen LogP contribution is 2.02. The molecule has 0 aromatic rings. The van der Waals surface area contributed by atoms with Crippen molar-refractivity contribution >= 4 is 5.91 Å². The van der Waals surface area contributed by atoms with E-state index in [4.69, 9.17) is 10.5 Å². The molecular weight excluding hydrogens is 180 g/mol. The van der Waals surface area contributed by atoms with E-state index in [1.807, 2.05) is 11.8 Å². The minimum atomic E-state index is -0.317. The van der Waals surface area contributed by atoms with Crippen LogP contribution in [-0.2, 0) is 9.53 Å². The van der Waals surface area contributed by atoms with Gasteiger partial charge in [0, 0.05) is 20.2 Å². The molecule has 4 heteroatoms. The average Bonchev–Trinajstić information content (AvgIpc) is 2.10. The molecule has 0 saturated heterocycles. The molecule has 0 bridgehead atoms. The summed E-state index contributed by atoms with van der Waals surface area (Å²) in [6.45, 7) is 9.48. The van der Waals surface area contributed by atoms with Gasteiger partial charge in [0.15, 0.2) is 0 Å². The number of nitrogens with two attached hydrogens (primary N) is 1. The third-order valence-corrected chi connectivity index (χ3v) is 2.02. The van der Waals surface area contributed by atoms with Gasteiger partial charge in [-0.25, -0.2) is 0 Å². The molecule has 0 unspecified atom stereocenters. The highest BCUT2D eigenvalue weighted by atomic mass is 16.5. The Hall–Kier alpha value is -0.870. The van der Waals surface area contributed by atoms with Gasteiger partial charge in [-0.05, 0) is 13.8 Å². The van der Waals surface area contributed by atoms with E-state index in [9.17, 15) is 4.79 Å². The van der Waals surface area contributed by atoms with Crippen LogP contribution in [0, 0.1) is 0 Å². The maximum atomic E-state index is 11.0. The SMILES string of the molecule is C=C(C)CN(CCOC)[C@H](C)C(N)=O. The van der Waals surface area contributed by atoms with Gasteiger partial charge in [-0.2, -0.15) is 0 Å². The van der Waals surface area contributed by atoms with Crippen molar-refractivity contribution in [3.8, 4) is 0 Å². The number of nitrogens with zero attached hydrogens (tertiary/aromatic N) is 1. The number of carbonyl (C=O) groups excluding carboxylic acids is 1. The maximum Gasteiger partial charge on any atom is 0.234 e. The number of primary amides is 1. The fourth-order valence-electron chi connectivity index (χ4n) is 1.14. The zero-order valence-electron chi connectivity index (χ0n) is 9.25. The molecule has 0 aliphatic rings. The second-order valence-electron chi connectivity index (χ2n) is 3.50. The van der Waals surface area contributed by atoms with Crippen LogP contribution in [0.1, 0.15) is 13.8 Å². The summed E-state index contributed by atoms with van der Waals surface area (Å²) in [6, 6.07) is -0.276. The highest BCUT2D eigenvalue weighted by Gasteiger charge is 2.17. The van der Waals surface area contributed by atoms with Crippen LogP contribution in [0.2, 0.25) is 0 Å². The summed E-state index contributed by atoms with van der Waals surface area (Å²) >= 11 is 0. The molecule has 0 aliphatic heterocycles. The molecule has 1 atom stereocenters. The van der Waals surface area contributed by atoms with E-state index in [-0.39, 0.29) is 11.9 Å². The lowest BCUT2D eigenvalue weighted by Crippen LogP contribution is -2.44. The smallest absolute Gasteiger partial charge is 0.234 e. The quantitative estimate of drug-likeness (QED) is 0.605. The van der Waals surface area contributed by atoms with Crippen LogP contribution < -0.4 is 5.73 Å². The Morgan fingerprint density at radius 2 is 2.21 bits per heavy atom. The molecule has 0 heterocycles. The van der Waals surface area contributed by atoms with Crippen LogP contribution in [0.5, 0.6) is 0 Å². The number of hydrogen-bond acceptors (Lipinski definition) is 3. The zero-order valence-corrected chi connectivity index (χ0v) is 9.25. The van der Waals surface area contributed by atoms with Crippen molar-refractivity contribution in [1.82, 2.24) is 4.90 Å². The summed E-state index contributed by atoms with van der Waals surface area (Å²) in [4.78, 5) is 12.9. The van der Waals surface area contributed by atoms with Gasteiger partial charge in [-0.1, -0.05) is 12.2 Å². The molecule has 1 amide bonds. The summed E-state index contributed by atoms with van der Waals surface area (Å²) in [7, 11) is 1.63. The van der Waals surface area contributed by atoms with Crippen molar-refractivity contribution in [1.29, 1.82) is 0 Å². The first-order valence-electron chi connectivity index (χ1n) is 4.65. The Balaban J connectivity index is 4.22. The number of ether oxygens (including phenoxy) is 1. The number of hydrogen-bond donors (Lipinski definition) is 1. The molecule has 0 fully saturated rings. The van der Waals surface area contributed by atoms with Gasteiger partial charge in [-0.3, -0.25) is 9.69 Å². The molecule has 14 heavy (non-hydrogen) atoms. The van der Waals surface area contributed by atoms with Crippen molar-refractivity contribution in [2.45, 2.75) is 19.9 Å². The largest absolute Gasteiger partial charge is 0.383 e. The van der Waals surface area contributed by atoms with Gasteiger partial charge in [-0.15, -0.1) is 0 Å². The molecule has 4 nitrogen and oxygen atoms in total. The number of amides is 1. The molecule has 0 spiro atoms. The third kappa shape index (κ3) is 4.99. The summed E-state index contributed by atoms with van der Waals surface area (Å²) in [5.41, 5.74) is 6.24. The van der Waals surface area contributed by atoms with Crippen LogP contribution in [0.3, 0.4) is 0 Å². The maximum absolute atomic E-state index is 11.0. The standard InChI is InChI=1S/C10H20N2O2/c1-8(2)7-12(5-6-14-4)9(3)10(11)13/h9H,1,5-7H2,2-4H3,(H2,11,13)/t9-/m1/s1. The van der Waals surface area contributed by atoms with E-state index in [2.05, 4.69) is 6.58 Å². The molecule has 0 aromatic heterocycles. The average molecular weight is 200 g/mol. The molecule has 0 aromatic carbocycles. The van der Waals surface area contributed by atoms with Gasteiger partial charge < -0.3 is 10.5 Å². The van der Waals surface area contributed by atoms with Crippen molar-refractivity contribution in [3.05, 3.63) is 12.2 Å². The first kappa shape index (κ1) is 13.1. The molecule has 0 radical (unpaired) electrons. The first-order chi connectivity index (χ1) is 6.49. The highest BCUT2D eigenvalue weighted by molar-refractivity contribution is 5.79. The number of methoxy groups -OCH3 is 1. The molecule has 0 aliphatic carbocycles. The lowest BCUT2D eigenvalue weighted by Gasteiger charge is -2.26. The van der Waals surface area contributed by atoms with Gasteiger partial charge in [0.05, 0.1) is 12.6 Å². The van der Waals surface area contributed by atoms with Gasteiger partial charge in [0.25, 0.3) is 0 Å². The first-order valence-corrected chi connectivity index (χ1v) is 4.65. The fraction of sp³-hybridized carbons (Fsp3) is 0.700. The van der Waals surface area contributed by atoms with Crippen LogP contribution in [0.25, 0.3) is 0 Å². The molecule has 2 N–H and O–H groups in total. The Bertz CT molecular complexity index is 204. The van der Waals surface area contributed by atoms with Gasteiger partial charge in [0.2, 0.25) is 5.91 Å². The lowest BCUT2D eigenvalue weighted by molar-refractivity contribution is -0.122. The number of carbonyl (C=O) groups is 1. The summed E-state index contributed by atoms with van der Waals surface area (Å²) in [5, 5.41) is 0. The Labute approximate surface area is 85.7 Å². The third-order valence-electron chi connectivity index (χ3n) is 2.02. The Morgan fingerprint density at radius 3 is 2.57 bits per heavy atom. The zero-order chi connectivity index (χ0) is 11.1. The van der Waals surface area contributed by atoms with Crippen molar-refractivity contribution < 1.29 is 9.53 Å². The van der Waals surface area contributed by atoms with E-state index in [0.717, 1.165) is 5.57 Å². The van der Waals surface area contributed by atoms with Gasteiger partial charge in [0.1, 0.15) is 0 Å². The minimum Gasteiger partial charge on any atom is -0.383 e. The molecular formula is C10H20N2O2. The predicted octanol–water partition coefficient (Wildman–Crippen LogP) is 0.385. The Kier molecular flexibility index (Phi) is 6.16. The lowest BCUT2D eigenvalue weighted by atomic mass is 10.2. The normalized spacial score (nSPS) is 12.9. The van der Waals surface area contributed by atoms with Crippen LogP contribution in [0.4, 0.5) is 0 Å². The van der Waals surface area contributed by atoms with Crippen molar-refractivity contribution in [2.75, 3.05) is 26.8 Å². The summed E-state index contributed by atoms with van der Waals surface area (Å²) in [5.74, 6) is -0.317.